The molecule has 0 radical (unpaired) electrons. The predicted molar refractivity (Wildman–Crippen MR) is 200 cm³/mol. The zero-order valence-corrected chi connectivity index (χ0v) is 29.6. The van der Waals surface area contributed by atoms with Crippen molar-refractivity contribution < 1.29 is 19.4 Å². The summed E-state index contributed by atoms with van der Waals surface area (Å²) in [6, 6.07) is 28.1. The molecule has 0 bridgehead atoms. The Morgan fingerprint density at radius 1 is 0.902 bits per heavy atom. The van der Waals surface area contributed by atoms with Gasteiger partial charge in [-0.15, -0.1) is 0 Å². The number of carbonyl (C=O) groups is 2. The highest BCUT2D eigenvalue weighted by Crippen LogP contribution is 2.52. The number of amides is 2. The summed E-state index contributed by atoms with van der Waals surface area (Å²) in [5.74, 6) is -0.1000. The number of benzene rings is 3. The number of carbonyl (C=O) groups excluding carboxylic acids is 2. The van der Waals surface area contributed by atoms with E-state index in [1.807, 2.05) is 60.8 Å². The number of pyridine rings is 1. The van der Waals surface area contributed by atoms with Crippen LogP contribution in [0.1, 0.15) is 62.8 Å². The van der Waals surface area contributed by atoms with Crippen LogP contribution in [0.2, 0.25) is 0 Å². The number of rotatable bonds is 9. The quantitative estimate of drug-likeness (QED) is 0.143. The molecule has 0 unspecified atom stereocenters. The van der Waals surface area contributed by atoms with Gasteiger partial charge in [0.25, 0.3) is 0 Å². The molecular formula is C44H47N3O4. The topological polar surface area (TPSA) is 83.0 Å². The number of piperidine rings is 1. The molecular weight excluding hydrogens is 635 g/mol. The fourth-order valence-corrected chi connectivity index (χ4v) is 9.25. The van der Waals surface area contributed by atoms with Crippen LogP contribution in [0.25, 0.3) is 22.4 Å². The lowest BCUT2D eigenvalue weighted by Gasteiger charge is -2.36. The fourth-order valence-electron chi connectivity index (χ4n) is 9.25. The molecule has 7 nitrogen and oxygen atoms in total. The third kappa shape index (κ3) is 6.42. The Morgan fingerprint density at radius 3 is 2.39 bits per heavy atom. The second kappa shape index (κ2) is 14.2. The van der Waals surface area contributed by atoms with Gasteiger partial charge >= 0.3 is 0 Å². The molecule has 1 aliphatic carbocycles. The highest BCUT2D eigenvalue weighted by atomic mass is 16.5. The van der Waals surface area contributed by atoms with Gasteiger partial charge < -0.3 is 9.84 Å². The number of nitrogens with zero attached hydrogens (tertiary/aromatic N) is 3. The van der Waals surface area contributed by atoms with E-state index in [0.717, 1.165) is 72.9 Å². The van der Waals surface area contributed by atoms with E-state index in [1.54, 1.807) is 11.0 Å². The lowest BCUT2D eigenvalue weighted by atomic mass is 9.67. The van der Waals surface area contributed by atoms with Crippen molar-refractivity contribution in [1.29, 1.82) is 0 Å². The monoisotopic (exact) mass is 681 g/mol. The van der Waals surface area contributed by atoms with Crippen LogP contribution in [-0.4, -0.2) is 63.5 Å². The van der Waals surface area contributed by atoms with Crippen LogP contribution < -0.4 is 0 Å². The molecule has 0 spiro atoms. The lowest BCUT2D eigenvalue weighted by Crippen LogP contribution is -2.47. The summed E-state index contributed by atoms with van der Waals surface area (Å²) < 4.78 is 6.62. The van der Waals surface area contributed by atoms with Crippen molar-refractivity contribution in [2.45, 2.75) is 64.6 Å². The van der Waals surface area contributed by atoms with Gasteiger partial charge in [-0.3, -0.25) is 24.4 Å². The molecule has 4 aromatic rings. The second-order valence-electron chi connectivity index (χ2n) is 15.1. The van der Waals surface area contributed by atoms with Crippen LogP contribution in [0.3, 0.4) is 0 Å². The molecule has 3 saturated heterocycles. The zero-order valence-electron chi connectivity index (χ0n) is 29.6. The maximum Gasteiger partial charge on any atom is 0.234 e. The number of allylic oxidation sites excluding steroid dienone is 2. The summed E-state index contributed by atoms with van der Waals surface area (Å²) in [7, 11) is 0. The molecule has 8 rings (SSSR count). The van der Waals surface area contributed by atoms with Gasteiger partial charge in [0.15, 0.2) is 0 Å². The molecule has 4 atom stereocenters. The van der Waals surface area contributed by atoms with E-state index in [2.05, 4.69) is 49.1 Å². The number of hydrogen-bond acceptors (Lipinski definition) is 6. The van der Waals surface area contributed by atoms with Crippen molar-refractivity contribution in [2.75, 3.05) is 19.7 Å². The summed E-state index contributed by atoms with van der Waals surface area (Å²) in [4.78, 5) is 37.3. The Morgan fingerprint density at radius 2 is 1.65 bits per heavy atom. The number of aromatic hydroxyl groups is 1. The predicted octanol–water partition coefficient (Wildman–Crippen LogP) is 7.90. The molecule has 1 N–H and O–H groups in total. The first kappa shape index (κ1) is 33.5. The molecule has 51 heavy (non-hydrogen) atoms. The third-order valence-electron chi connectivity index (χ3n) is 11.8. The minimum Gasteiger partial charge on any atom is -0.507 e. The minimum absolute atomic E-state index is 0.0225. The first-order valence-corrected chi connectivity index (χ1v) is 18.7. The Bertz CT molecular complexity index is 1980. The molecule has 2 amide bonds. The van der Waals surface area contributed by atoms with Gasteiger partial charge in [-0.05, 0) is 90.0 Å². The van der Waals surface area contributed by atoms with Crippen molar-refractivity contribution in [3.63, 3.8) is 0 Å². The Labute approximate surface area is 300 Å². The fraction of sp³-hybridized carbons (Fsp3) is 0.386. The smallest absolute Gasteiger partial charge is 0.234 e. The Hall–Kier alpha value is -4.59. The third-order valence-corrected chi connectivity index (χ3v) is 11.8. The van der Waals surface area contributed by atoms with Crippen molar-refractivity contribution >= 4 is 34.2 Å². The van der Waals surface area contributed by atoms with Crippen molar-refractivity contribution in [1.82, 2.24) is 14.8 Å². The van der Waals surface area contributed by atoms with E-state index in [-0.39, 0.29) is 53.4 Å². The van der Waals surface area contributed by atoms with Crippen LogP contribution in [0.5, 0.6) is 5.75 Å². The van der Waals surface area contributed by atoms with Gasteiger partial charge in [-0.25, -0.2) is 0 Å². The lowest BCUT2D eigenvalue weighted by molar-refractivity contribution is -0.144. The maximum absolute atomic E-state index is 14.3. The van der Waals surface area contributed by atoms with Crippen molar-refractivity contribution in [3.05, 3.63) is 119 Å². The van der Waals surface area contributed by atoms with Gasteiger partial charge in [0, 0.05) is 43.2 Å². The molecule has 1 aromatic heterocycles. The highest BCUT2D eigenvalue weighted by molar-refractivity contribution is 6.06. The van der Waals surface area contributed by atoms with Gasteiger partial charge in [0.1, 0.15) is 5.75 Å². The number of phenols is 1. The van der Waals surface area contributed by atoms with Gasteiger partial charge in [-0.1, -0.05) is 86.2 Å². The van der Waals surface area contributed by atoms with Gasteiger partial charge in [0.2, 0.25) is 11.8 Å². The van der Waals surface area contributed by atoms with E-state index in [4.69, 9.17) is 9.72 Å². The number of fused-ring (bicyclic) bond motifs is 4. The van der Waals surface area contributed by atoms with Gasteiger partial charge in [-0.2, -0.15) is 0 Å². The molecule has 4 aliphatic rings. The van der Waals surface area contributed by atoms with Crippen molar-refractivity contribution in [2.24, 2.45) is 23.7 Å². The number of likely N-dealkylation sites (tertiary alicyclic amines) is 2. The normalized spacial score (nSPS) is 24.5. The first-order chi connectivity index (χ1) is 24.9. The second-order valence-corrected chi connectivity index (χ2v) is 15.1. The summed E-state index contributed by atoms with van der Waals surface area (Å²) >= 11 is 0. The molecule has 262 valence electrons. The molecule has 3 fully saturated rings. The van der Waals surface area contributed by atoms with E-state index in [9.17, 15) is 14.7 Å². The largest absolute Gasteiger partial charge is 0.507 e. The van der Waals surface area contributed by atoms with Crippen LogP contribution in [0, 0.1) is 23.7 Å². The van der Waals surface area contributed by atoms with Crippen LogP contribution in [-0.2, 0) is 20.9 Å². The Kier molecular flexibility index (Phi) is 9.34. The number of imide groups is 1. The summed E-state index contributed by atoms with van der Waals surface area (Å²) in [6.07, 6.45) is 7.67. The first-order valence-electron chi connectivity index (χ1n) is 18.7. The number of phenolic OH excluding ortho intramolecular Hbond substituents is 1. The molecule has 3 aliphatic heterocycles. The summed E-state index contributed by atoms with van der Waals surface area (Å²) in [5.41, 5.74) is 6.89. The van der Waals surface area contributed by atoms with E-state index < -0.39 is 0 Å². The zero-order chi connectivity index (χ0) is 35.1. The van der Waals surface area contributed by atoms with E-state index in [0.29, 0.717) is 13.0 Å². The van der Waals surface area contributed by atoms with Crippen LogP contribution in [0.15, 0.2) is 102 Å². The van der Waals surface area contributed by atoms with Crippen molar-refractivity contribution in [3.8, 4) is 5.75 Å². The summed E-state index contributed by atoms with van der Waals surface area (Å²) in [6.45, 7) is 7.57. The SMILES string of the molecule is CC(C)C1=C2[C@@H](CC/C(=C/c3ccc(O)c4ccccc34)c3ccccn3)OC[C@@H]2[C@@H]2C(=O)N(C3CCN(Cc4ccccc4)CC3)C(=O)[C@@H]2C1. The van der Waals surface area contributed by atoms with Crippen LogP contribution >= 0.6 is 0 Å². The average molecular weight is 682 g/mol. The van der Waals surface area contributed by atoms with Gasteiger partial charge in [0.05, 0.1) is 30.2 Å². The highest BCUT2D eigenvalue weighted by Gasteiger charge is 2.58. The van der Waals surface area contributed by atoms with E-state index >= 15 is 0 Å². The molecule has 4 heterocycles. The van der Waals surface area contributed by atoms with E-state index in [1.165, 1.54) is 16.7 Å². The minimum atomic E-state index is -0.337. The number of ether oxygens (including phenoxy) is 1. The molecule has 7 heteroatoms. The number of aromatic nitrogens is 1. The average Bonchev–Trinajstić information content (AvgIpc) is 3.69. The molecule has 3 aromatic carbocycles. The number of hydrogen-bond donors (Lipinski definition) is 1. The summed E-state index contributed by atoms with van der Waals surface area (Å²) in [5, 5.41) is 12.3. The molecule has 0 saturated carbocycles. The van der Waals surface area contributed by atoms with Crippen LogP contribution in [0.4, 0.5) is 0 Å². The standard InChI is InChI=1S/C44H47N3O4/c1-28(2)35-25-36-42(44(50)47(43(36)49)32-19-22-46(23-20-32)26-29-10-4-3-5-11-29)37-27-51-40(41(35)37)18-16-31(38-14-8-9-21-45-38)24-30-15-17-39(48)34-13-7-6-12-33(30)34/h3-15,17,21,24,28,32,36-37,40,42,48H,16,18-20,22-23,25-27H2,1-2H3/b31-24-/t36-,37+,40-,42-/m1/s1. The Balaban J connectivity index is 1.02. The maximum atomic E-state index is 14.3.